The Morgan fingerprint density at radius 1 is 1.50 bits per heavy atom. The van der Waals surface area contributed by atoms with Gasteiger partial charge >= 0.3 is 5.97 Å². The minimum atomic E-state index is -1.60. The summed E-state index contributed by atoms with van der Waals surface area (Å²) in [5.74, 6) is -0.699. The second kappa shape index (κ2) is 2.96. The smallest absolute Gasteiger partial charge is 0.342 e. The number of rotatable bonds is 1. The highest BCUT2D eigenvalue weighted by Gasteiger charge is 2.53. The van der Waals surface area contributed by atoms with Gasteiger partial charge in [-0.1, -0.05) is 0 Å². The molecule has 0 radical (unpaired) electrons. The molecule has 1 fully saturated rings. The highest BCUT2D eigenvalue weighted by atomic mass is 16.6. The van der Waals surface area contributed by atoms with Crippen LogP contribution in [0, 0.1) is 0 Å². The van der Waals surface area contributed by atoms with Gasteiger partial charge in [0.1, 0.15) is 12.2 Å². The third-order valence-corrected chi connectivity index (χ3v) is 3.04. The summed E-state index contributed by atoms with van der Waals surface area (Å²) in [7, 11) is 0. The summed E-state index contributed by atoms with van der Waals surface area (Å²) in [6, 6.07) is 1.66. The van der Waals surface area contributed by atoms with Crippen molar-refractivity contribution in [2.45, 2.75) is 24.2 Å². The van der Waals surface area contributed by atoms with Crippen molar-refractivity contribution in [1.82, 2.24) is 0 Å². The molecule has 0 aromatic carbocycles. The molecule has 16 heavy (non-hydrogen) atoms. The van der Waals surface area contributed by atoms with Crippen LogP contribution in [0.15, 0.2) is 29.1 Å². The molecule has 2 heterocycles. The van der Waals surface area contributed by atoms with E-state index in [1.54, 1.807) is 6.07 Å². The standard InChI is InChI=1S/C11H10O5/c12-9-7(6-1-2-15-5-6)3-11(14)4-8(9)16-10(11)13/h1-3,5,8-9,12,14H,4H2/t8-,9-,11+/m1/s1. The fourth-order valence-corrected chi connectivity index (χ4v) is 2.19. The Hall–Kier alpha value is -1.59. The Morgan fingerprint density at radius 2 is 2.31 bits per heavy atom. The Kier molecular flexibility index (Phi) is 1.78. The molecule has 1 aliphatic heterocycles. The number of furan rings is 1. The zero-order valence-electron chi connectivity index (χ0n) is 8.29. The minimum absolute atomic E-state index is 0.106. The number of esters is 1. The van der Waals surface area contributed by atoms with Crippen molar-refractivity contribution in [2.24, 2.45) is 0 Å². The molecule has 1 aromatic rings. The SMILES string of the molecule is O=C1O[C@@H]2C[C@@]1(O)C=C(c1ccoc1)[C@H]2O. The van der Waals surface area contributed by atoms with Gasteiger partial charge in [-0.2, -0.15) is 0 Å². The number of hydrogen-bond acceptors (Lipinski definition) is 5. The summed E-state index contributed by atoms with van der Waals surface area (Å²) < 4.78 is 9.81. The first-order chi connectivity index (χ1) is 7.60. The molecule has 2 N–H and O–H groups in total. The number of aliphatic hydroxyl groups is 2. The second-order valence-electron chi connectivity index (χ2n) is 4.13. The largest absolute Gasteiger partial charge is 0.472 e. The molecule has 1 saturated heterocycles. The van der Waals surface area contributed by atoms with E-state index in [0.29, 0.717) is 11.1 Å². The van der Waals surface area contributed by atoms with Gasteiger partial charge in [0.2, 0.25) is 0 Å². The van der Waals surface area contributed by atoms with Gasteiger partial charge in [-0.25, -0.2) is 4.79 Å². The molecule has 0 saturated carbocycles. The third kappa shape index (κ3) is 1.15. The molecular weight excluding hydrogens is 212 g/mol. The van der Waals surface area contributed by atoms with E-state index in [9.17, 15) is 15.0 Å². The van der Waals surface area contributed by atoms with Crippen LogP contribution < -0.4 is 0 Å². The van der Waals surface area contributed by atoms with E-state index in [4.69, 9.17) is 9.15 Å². The van der Waals surface area contributed by atoms with Crippen molar-refractivity contribution in [3.05, 3.63) is 30.2 Å². The van der Waals surface area contributed by atoms with E-state index in [0.717, 1.165) is 0 Å². The van der Waals surface area contributed by atoms with Gasteiger partial charge in [0.25, 0.3) is 0 Å². The summed E-state index contributed by atoms with van der Waals surface area (Å²) >= 11 is 0. The van der Waals surface area contributed by atoms with Gasteiger partial charge < -0.3 is 19.4 Å². The number of carbonyl (C=O) groups excluding carboxylic acids is 1. The van der Waals surface area contributed by atoms with E-state index in [1.165, 1.54) is 18.6 Å². The fraction of sp³-hybridized carbons (Fsp3) is 0.364. The zero-order valence-corrected chi connectivity index (χ0v) is 8.29. The van der Waals surface area contributed by atoms with Gasteiger partial charge in [-0.3, -0.25) is 0 Å². The maximum Gasteiger partial charge on any atom is 0.342 e. The van der Waals surface area contributed by atoms with Gasteiger partial charge in [0.15, 0.2) is 5.60 Å². The first-order valence-electron chi connectivity index (χ1n) is 4.97. The quantitative estimate of drug-likeness (QED) is 0.658. The molecule has 5 nitrogen and oxygen atoms in total. The third-order valence-electron chi connectivity index (χ3n) is 3.04. The van der Waals surface area contributed by atoms with Crippen LogP contribution in [-0.4, -0.2) is 34.0 Å². The number of ether oxygens (including phenoxy) is 1. The molecule has 0 spiro atoms. The van der Waals surface area contributed by atoms with Crippen LogP contribution in [0.25, 0.3) is 5.57 Å². The van der Waals surface area contributed by atoms with Crippen LogP contribution in [0.3, 0.4) is 0 Å². The monoisotopic (exact) mass is 222 g/mol. The van der Waals surface area contributed by atoms with E-state index >= 15 is 0 Å². The van der Waals surface area contributed by atoms with Crippen molar-refractivity contribution < 1.29 is 24.2 Å². The summed E-state index contributed by atoms with van der Waals surface area (Å²) in [6.07, 6.45) is 2.79. The van der Waals surface area contributed by atoms with Gasteiger partial charge in [0, 0.05) is 12.0 Å². The second-order valence-corrected chi connectivity index (χ2v) is 4.13. The van der Waals surface area contributed by atoms with Crippen molar-refractivity contribution in [2.75, 3.05) is 0 Å². The summed E-state index contributed by atoms with van der Waals surface area (Å²) in [5.41, 5.74) is -0.483. The van der Waals surface area contributed by atoms with E-state index in [-0.39, 0.29) is 6.42 Å². The summed E-state index contributed by atoms with van der Waals surface area (Å²) in [5, 5.41) is 19.9. The number of fused-ring (bicyclic) bond motifs is 2. The highest BCUT2D eigenvalue weighted by Crippen LogP contribution is 2.40. The molecule has 2 bridgehead atoms. The average Bonchev–Trinajstić information content (AvgIpc) is 2.82. The van der Waals surface area contributed by atoms with Crippen molar-refractivity contribution >= 4 is 11.5 Å². The molecule has 84 valence electrons. The first kappa shape index (κ1) is 9.62. The van der Waals surface area contributed by atoms with Crippen LogP contribution >= 0.6 is 0 Å². The van der Waals surface area contributed by atoms with Crippen molar-refractivity contribution in [3.63, 3.8) is 0 Å². The normalized spacial score (nSPS) is 37.1. The van der Waals surface area contributed by atoms with Gasteiger partial charge in [-0.15, -0.1) is 0 Å². The molecule has 1 aliphatic carbocycles. The lowest BCUT2D eigenvalue weighted by atomic mass is 9.83. The number of aliphatic hydroxyl groups excluding tert-OH is 1. The Labute approximate surface area is 90.9 Å². The molecule has 0 unspecified atom stereocenters. The van der Waals surface area contributed by atoms with E-state index in [1.807, 2.05) is 0 Å². The number of carbonyl (C=O) groups is 1. The van der Waals surface area contributed by atoms with Gasteiger partial charge in [0.05, 0.1) is 12.5 Å². The molecule has 3 rings (SSSR count). The topological polar surface area (TPSA) is 79.9 Å². The van der Waals surface area contributed by atoms with Crippen LogP contribution in [0.2, 0.25) is 0 Å². The maximum absolute atomic E-state index is 11.4. The lowest BCUT2D eigenvalue weighted by molar-refractivity contribution is -0.152. The molecule has 0 amide bonds. The Balaban J connectivity index is 2.09. The lowest BCUT2D eigenvalue weighted by Crippen LogP contribution is -2.37. The highest BCUT2D eigenvalue weighted by molar-refractivity contribution is 5.90. The molecule has 3 atom stereocenters. The Morgan fingerprint density at radius 3 is 3.00 bits per heavy atom. The first-order valence-corrected chi connectivity index (χ1v) is 4.97. The summed E-state index contributed by atoms with van der Waals surface area (Å²) in [6.45, 7) is 0. The summed E-state index contributed by atoms with van der Waals surface area (Å²) in [4.78, 5) is 11.4. The number of hydrogen-bond donors (Lipinski definition) is 2. The average molecular weight is 222 g/mol. The lowest BCUT2D eigenvalue weighted by Gasteiger charge is -2.25. The van der Waals surface area contributed by atoms with Crippen LogP contribution in [0.5, 0.6) is 0 Å². The minimum Gasteiger partial charge on any atom is -0.472 e. The molecule has 1 aromatic heterocycles. The van der Waals surface area contributed by atoms with Crippen LogP contribution in [0.1, 0.15) is 12.0 Å². The molecule has 5 heteroatoms. The molecular formula is C11H10O5. The zero-order chi connectivity index (χ0) is 11.3. The molecule has 2 aliphatic rings. The van der Waals surface area contributed by atoms with Gasteiger partial charge in [-0.05, 0) is 17.7 Å². The van der Waals surface area contributed by atoms with Crippen LogP contribution in [0.4, 0.5) is 0 Å². The van der Waals surface area contributed by atoms with Crippen molar-refractivity contribution in [1.29, 1.82) is 0 Å². The van der Waals surface area contributed by atoms with Crippen molar-refractivity contribution in [3.8, 4) is 0 Å². The predicted octanol–water partition coefficient (Wildman–Crippen LogP) is 0.0841. The predicted molar refractivity (Wildman–Crippen MR) is 52.1 cm³/mol. The fourth-order valence-electron chi connectivity index (χ4n) is 2.19. The Bertz CT molecular complexity index is 461. The van der Waals surface area contributed by atoms with E-state index < -0.39 is 23.8 Å². The van der Waals surface area contributed by atoms with E-state index in [2.05, 4.69) is 0 Å². The maximum atomic E-state index is 11.4. The van der Waals surface area contributed by atoms with Crippen LogP contribution in [-0.2, 0) is 9.53 Å².